The molecule has 1 heterocycles. The Labute approximate surface area is 111 Å². The van der Waals surface area contributed by atoms with Gasteiger partial charge in [-0.2, -0.15) is 0 Å². The highest BCUT2D eigenvalue weighted by Gasteiger charge is 2.19. The first-order chi connectivity index (χ1) is 8.69. The van der Waals surface area contributed by atoms with Crippen LogP contribution in [0.3, 0.4) is 0 Å². The van der Waals surface area contributed by atoms with E-state index in [1.54, 1.807) is 0 Å². The molecule has 6 heteroatoms. The SMILES string of the molecule is CC(C)(C)CC(O)CNC(=O)c1cc(C(=O)O)co1. The fourth-order valence-corrected chi connectivity index (χ4v) is 1.64. The first-order valence-corrected chi connectivity index (χ1v) is 5.97. The van der Waals surface area contributed by atoms with Crippen LogP contribution in [0, 0.1) is 5.41 Å². The van der Waals surface area contributed by atoms with E-state index >= 15 is 0 Å². The van der Waals surface area contributed by atoms with Crippen LogP contribution < -0.4 is 5.32 Å². The van der Waals surface area contributed by atoms with Gasteiger partial charge in [0.15, 0.2) is 5.76 Å². The third-order valence-electron chi connectivity index (χ3n) is 2.42. The van der Waals surface area contributed by atoms with Crippen LogP contribution in [0.5, 0.6) is 0 Å². The normalized spacial score (nSPS) is 13.1. The zero-order valence-corrected chi connectivity index (χ0v) is 11.3. The Kier molecular flexibility index (Phi) is 4.72. The van der Waals surface area contributed by atoms with Crippen molar-refractivity contribution >= 4 is 11.9 Å². The number of furan rings is 1. The Hall–Kier alpha value is -1.82. The third kappa shape index (κ3) is 5.13. The molecule has 6 nitrogen and oxygen atoms in total. The van der Waals surface area contributed by atoms with Gasteiger partial charge in [-0.05, 0) is 11.8 Å². The van der Waals surface area contributed by atoms with E-state index in [2.05, 4.69) is 5.32 Å². The maximum absolute atomic E-state index is 11.6. The molecule has 106 valence electrons. The molecule has 3 N–H and O–H groups in total. The second-order valence-electron chi connectivity index (χ2n) is 5.63. The van der Waals surface area contributed by atoms with Crippen LogP contribution in [0.4, 0.5) is 0 Å². The van der Waals surface area contributed by atoms with Crippen LogP contribution in [0.1, 0.15) is 48.1 Å². The molecule has 0 saturated heterocycles. The van der Waals surface area contributed by atoms with E-state index in [0.29, 0.717) is 6.42 Å². The van der Waals surface area contributed by atoms with Gasteiger partial charge >= 0.3 is 5.97 Å². The summed E-state index contributed by atoms with van der Waals surface area (Å²) < 4.78 is 4.85. The van der Waals surface area contributed by atoms with E-state index in [0.717, 1.165) is 12.3 Å². The van der Waals surface area contributed by atoms with Gasteiger partial charge in [0.25, 0.3) is 5.91 Å². The second-order valence-corrected chi connectivity index (χ2v) is 5.63. The zero-order chi connectivity index (χ0) is 14.6. The van der Waals surface area contributed by atoms with E-state index in [-0.39, 0.29) is 23.3 Å². The molecule has 0 aromatic carbocycles. The highest BCUT2D eigenvalue weighted by Crippen LogP contribution is 2.20. The molecule has 0 saturated carbocycles. The van der Waals surface area contributed by atoms with E-state index in [1.807, 2.05) is 20.8 Å². The number of amides is 1. The van der Waals surface area contributed by atoms with Crippen LogP contribution in [-0.4, -0.2) is 34.7 Å². The van der Waals surface area contributed by atoms with Crippen molar-refractivity contribution in [1.29, 1.82) is 0 Å². The minimum atomic E-state index is -1.16. The molecular weight excluding hydrogens is 250 g/mol. The van der Waals surface area contributed by atoms with Gasteiger partial charge in [0.05, 0.1) is 11.7 Å². The Morgan fingerprint density at radius 1 is 1.42 bits per heavy atom. The Bertz CT molecular complexity index is 458. The fraction of sp³-hybridized carbons (Fsp3) is 0.538. The highest BCUT2D eigenvalue weighted by atomic mass is 16.4. The van der Waals surface area contributed by atoms with Gasteiger partial charge in [-0.15, -0.1) is 0 Å². The molecule has 0 fully saturated rings. The summed E-state index contributed by atoms with van der Waals surface area (Å²) in [6, 6.07) is 1.15. The summed E-state index contributed by atoms with van der Waals surface area (Å²) in [7, 11) is 0. The second kappa shape index (κ2) is 5.88. The summed E-state index contributed by atoms with van der Waals surface area (Å²) in [5.74, 6) is -1.78. The molecule has 0 radical (unpaired) electrons. The molecule has 19 heavy (non-hydrogen) atoms. The van der Waals surface area contributed by atoms with E-state index in [1.165, 1.54) is 0 Å². The molecule has 1 rings (SSSR count). The number of rotatable bonds is 5. The van der Waals surface area contributed by atoms with Crippen molar-refractivity contribution in [1.82, 2.24) is 5.32 Å². The maximum atomic E-state index is 11.6. The number of carboxylic acid groups (broad SMARTS) is 1. The van der Waals surface area contributed by atoms with Crippen molar-refractivity contribution in [3.63, 3.8) is 0 Å². The first kappa shape index (κ1) is 15.2. The topological polar surface area (TPSA) is 99.8 Å². The third-order valence-corrected chi connectivity index (χ3v) is 2.42. The van der Waals surface area contributed by atoms with Crippen molar-refractivity contribution in [3.8, 4) is 0 Å². The average Bonchev–Trinajstić information content (AvgIpc) is 2.72. The van der Waals surface area contributed by atoms with E-state index < -0.39 is 18.0 Å². The van der Waals surface area contributed by atoms with E-state index in [4.69, 9.17) is 9.52 Å². The number of hydrogen-bond acceptors (Lipinski definition) is 4. The maximum Gasteiger partial charge on any atom is 0.338 e. The number of aromatic carboxylic acids is 1. The fourth-order valence-electron chi connectivity index (χ4n) is 1.64. The lowest BCUT2D eigenvalue weighted by Crippen LogP contribution is -2.34. The van der Waals surface area contributed by atoms with Crippen LogP contribution in [0.2, 0.25) is 0 Å². The van der Waals surface area contributed by atoms with Crippen LogP contribution in [0.25, 0.3) is 0 Å². The van der Waals surface area contributed by atoms with Gasteiger partial charge in [0, 0.05) is 12.6 Å². The number of carbonyl (C=O) groups is 2. The van der Waals surface area contributed by atoms with Crippen molar-refractivity contribution in [2.45, 2.75) is 33.3 Å². The van der Waals surface area contributed by atoms with Crippen molar-refractivity contribution in [2.75, 3.05) is 6.54 Å². The lowest BCUT2D eigenvalue weighted by molar-refractivity contribution is 0.0696. The largest absolute Gasteiger partial charge is 0.478 e. The highest BCUT2D eigenvalue weighted by molar-refractivity contribution is 5.95. The summed E-state index contributed by atoms with van der Waals surface area (Å²) in [5.41, 5.74) is -0.119. The molecule has 0 aliphatic heterocycles. The van der Waals surface area contributed by atoms with Gasteiger partial charge in [-0.3, -0.25) is 4.79 Å². The summed E-state index contributed by atoms with van der Waals surface area (Å²) in [5, 5.41) is 20.9. The molecular formula is C13H19NO5. The van der Waals surface area contributed by atoms with Gasteiger partial charge in [0.2, 0.25) is 0 Å². The number of nitrogens with one attached hydrogen (secondary N) is 1. The molecule has 0 bridgehead atoms. The molecule has 1 amide bonds. The average molecular weight is 269 g/mol. The van der Waals surface area contributed by atoms with Gasteiger partial charge in [0.1, 0.15) is 6.26 Å². The Balaban J connectivity index is 2.49. The van der Waals surface area contributed by atoms with Crippen LogP contribution >= 0.6 is 0 Å². The summed E-state index contributed by atoms with van der Waals surface area (Å²) >= 11 is 0. The predicted molar refractivity (Wildman–Crippen MR) is 68.1 cm³/mol. The molecule has 0 spiro atoms. The minimum Gasteiger partial charge on any atom is -0.478 e. The quantitative estimate of drug-likeness (QED) is 0.752. The molecule has 0 aliphatic rings. The van der Waals surface area contributed by atoms with Gasteiger partial charge < -0.3 is 19.9 Å². The lowest BCUT2D eigenvalue weighted by atomic mass is 9.89. The van der Waals surface area contributed by atoms with Gasteiger partial charge in [-0.1, -0.05) is 20.8 Å². The zero-order valence-electron chi connectivity index (χ0n) is 11.3. The number of aliphatic hydroxyl groups excluding tert-OH is 1. The predicted octanol–water partition coefficient (Wildman–Crippen LogP) is 1.50. The number of hydrogen-bond donors (Lipinski definition) is 3. The van der Waals surface area contributed by atoms with Crippen LogP contribution in [-0.2, 0) is 0 Å². The number of carbonyl (C=O) groups excluding carboxylic acids is 1. The smallest absolute Gasteiger partial charge is 0.338 e. The number of carboxylic acids is 1. The van der Waals surface area contributed by atoms with Crippen molar-refractivity contribution in [2.24, 2.45) is 5.41 Å². The van der Waals surface area contributed by atoms with Gasteiger partial charge in [-0.25, -0.2) is 4.79 Å². The summed E-state index contributed by atoms with van der Waals surface area (Å²) in [6.07, 6.45) is 0.895. The molecule has 1 aromatic rings. The lowest BCUT2D eigenvalue weighted by Gasteiger charge is -2.22. The Morgan fingerprint density at radius 3 is 2.53 bits per heavy atom. The monoisotopic (exact) mass is 269 g/mol. The molecule has 1 unspecified atom stereocenters. The standard InChI is InChI=1S/C13H19NO5/c1-13(2,3)5-9(15)6-14-11(16)10-4-8(7-19-10)12(17)18/h4,7,9,15H,5-6H2,1-3H3,(H,14,16)(H,17,18). The summed E-state index contributed by atoms with van der Waals surface area (Å²) in [4.78, 5) is 22.3. The molecule has 0 aliphatic carbocycles. The number of aliphatic hydroxyl groups is 1. The van der Waals surface area contributed by atoms with Crippen molar-refractivity contribution in [3.05, 3.63) is 23.7 Å². The Morgan fingerprint density at radius 2 is 2.05 bits per heavy atom. The van der Waals surface area contributed by atoms with Crippen molar-refractivity contribution < 1.29 is 24.2 Å². The van der Waals surface area contributed by atoms with Crippen LogP contribution in [0.15, 0.2) is 16.7 Å². The summed E-state index contributed by atoms with van der Waals surface area (Å²) in [6.45, 7) is 6.07. The molecule has 1 aromatic heterocycles. The van der Waals surface area contributed by atoms with E-state index in [9.17, 15) is 14.7 Å². The minimum absolute atomic E-state index is 0.0364. The first-order valence-electron chi connectivity index (χ1n) is 5.97. The molecule has 1 atom stereocenters.